The average Bonchev–Trinajstić information content (AvgIpc) is 2.36. The summed E-state index contributed by atoms with van der Waals surface area (Å²) in [5.74, 6) is 0. The van der Waals surface area contributed by atoms with Gasteiger partial charge in [-0.2, -0.15) is 0 Å². The van der Waals surface area contributed by atoms with Gasteiger partial charge in [0.05, 0.1) is 0 Å². The van der Waals surface area contributed by atoms with E-state index in [1.165, 1.54) is 43.4 Å². The SMILES string of the molecule is Cc1cc2ccc3cccc4cc(C)c(c1)c2c34. The monoisotopic (exact) mass is 230 g/mol. The quantitative estimate of drug-likeness (QED) is 0.364. The molecule has 0 heterocycles. The molecule has 0 amide bonds. The molecule has 0 nitrogen and oxygen atoms in total. The third kappa shape index (κ3) is 1.15. The molecule has 0 aliphatic rings. The Morgan fingerprint density at radius 1 is 0.667 bits per heavy atom. The second-order valence-electron chi connectivity index (χ2n) is 5.25. The highest BCUT2D eigenvalue weighted by molar-refractivity contribution is 6.23. The molecule has 0 atom stereocenters. The zero-order valence-corrected chi connectivity index (χ0v) is 10.6. The van der Waals surface area contributed by atoms with Crippen molar-refractivity contribution >= 4 is 32.3 Å². The molecule has 0 aliphatic carbocycles. The largest absolute Gasteiger partial charge is 0.0610 e. The molecule has 86 valence electrons. The van der Waals surface area contributed by atoms with Crippen LogP contribution in [0.15, 0.2) is 48.5 Å². The maximum atomic E-state index is 2.31. The third-order valence-electron chi connectivity index (χ3n) is 3.93. The van der Waals surface area contributed by atoms with Crippen molar-refractivity contribution in [3.05, 3.63) is 59.7 Å². The highest BCUT2D eigenvalue weighted by atomic mass is 14.1. The summed E-state index contributed by atoms with van der Waals surface area (Å²) in [6.45, 7) is 4.39. The fraction of sp³-hybridized carbons (Fsp3) is 0.111. The lowest BCUT2D eigenvalue weighted by molar-refractivity contribution is 1.49. The maximum Gasteiger partial charge on any atom is -0.00239 e. The Balaban J connectivity index is 2.47. The zero-order valence-electron chi connectivity index (χ0n) is 10.6. The maximum absolute atomic E-state index is 2.31. The Bertz CT molecular complexity index is 884. The molecule has 0 N–H and O–H groups in total. The minimum absolute atomic E-state index is 1.34. The van der Waals surface area contributed by atoms with Crippen molar-refractivity contribution in [3.63, 3.8) is 0 Å². The molecule has 0 aliphatic heterocycles. The van der Waals surface area contributed by atoms with Gasteiger partial charge in [-0.15, -0.1) is 0 Å². The molecule has 18 heavy (non-hydrogen) atoms. The lowest BCUT2D eigenvalue weighted by Crippen LogP contribution is -1.87. The fourth-order valence-corrected chi connectivity index (χ4v) is 3.16. The van der Waals surface area contributed by atoms with E-state index >= 15 is 0 Å². The lowest BCUT2D eigenvalue weighted by atomic mass is 9.91. The molecule has 4 rings (SSSR count). The number of hydrogen-bond acceptors (Lipinski definition) is 0. The topological polar surface area (TPSA) is 0 Å². The molecular weight excluding hydrogens is 216 g/mol. The van der Waals surface area contributed by atoms with Crippen molar-refractivity contribution < 1.29 is 0 Å². The Morgan fingerprint density at radius 3 is 2.28 bits per heavy atom. The number of benzene rings is 4. The Hall–Kier alpha value is -2.08. The molecule has 0 radical (unpaired) electrons. The van der Waals surface area contributed by atoms with Gasteiger partial charge in [-0.1, -0.05) is 48.5 Å². The van der Waals surface area contributed by atoms with Gasteiger partial charge < -0.3 is 0 Å². The summed E-state index contributed by atoms with van der Waals surface area (Å²) < 4.78 is 0. The second-order valence-corrected chi connectivity index (χ2v) is 5.25. The van der Waals surface area contributed by atoms with Crippen molar-refractivity contribution in [2.24, 2.45) is 0 Å². The number of hydrogen-bond donors (Lipinski definition) is 0. The van der Waals surface area contributed by atoms with Crippen LogP contribution in [0.3, 0.4) is 0 Å². The molecule has 0 bridgehead atoms. The van der Waals surface area contributed by atoms with E-state index in [1.54, 1.807) is 0 Å². The van der Waals surface area contributed by atoms with Crippen LogP contribution in [0.2, 0.25) is 0 Å². The summed E-state index contributed by atoms with van der Waals surface area (Å²) in [5, 5.41) is 8.29. The van der Waals surface area contributed by atoms with E-state index in [0.717, 1.165) is 0 Å². The molecule has 0 unspecified atom stereocenters. The number of rotatable bonds is 0. The van der Waals surface area contributed by atoms with Crippen molar-refractivity contribution in [3.8, 4) is 0 Å². The van der Waals surface area contributed by atoms with E-state index in [9.17, 15) is 0 Å². The summed E-state index contributed by atoms with van der Waals surface area (Å²) in [5.41, 5.74) is 2.71. The minimum atomic E-state index is 1.34. The highest BCUT2D eigenvalue weighted by Gasteiger charge is 2.09. The normalized spacial score (nSPS) is 11.9. The summed E-state index contributed by atoms with van der Waals surface area (Å²) in [4.78, 5) is 0. The molecule has 4 aromatic rings. The van der Waals surface area contributed by atoms with Gasteiger partial charge in [0, 0.05) is 0 Å². The van der Waals surface area contributed by atoms with Crippen LogP contribution in [-0.4, -0.2) is 0 Å². The van der Waals surface area contributed by atoms with Crippen LogP contribution < -0.4 is 0 Å². The molecular formula is C18H14. The van der Waals surface area contributed by atoms with Crippen molar-refractivity contribution in [1.82, 2.24) is 0 Å². The predicted octanol–water partition coefficient (Wildman–Crippen LogP) is 5.20. The van der Waals surface area contributed by atoms with Crippen LogP contribution in [0.4, 0.5) is 0 Å². The van der Waals surface area contributed by atoms with Crippen LogP contribution in [-0.2, 0) is 0 Å². The van der Waals surface area contributed by atoms with Gasteiger partial charge in [-0.3, -0.25) is 0 Å². The fourth-order valence-electron chi connectivity index (χ4n) is 3.16. The summed E-state index contributed by atoms with van der Waals surface area (Å²) >= 11 is 0. The predicted molar refractivity (Wildman–Crippen MR) is 79.6 cm³/mol. The van der Waals surface area contributed by atoms with Crippen molar-refractivity contribution in [2.45, 2.75) is 13.8 Å². The molecule has 0 spiro atoms. The summed E-state index contributed by atoms with van der Waals surface area (Å²) in [6.07, 6.45) is 0. The van der Waals surface area contributed by atoms with E-state index in [0.29, 0.717) is 0 Å². The summed E-state index contributed by atoms with van der Waals surface area (Å²) in [6, 6.07) is 18.0. The van der Waals surface area contributed by atoms with Gasteiger partial charge in [0.15, 0.2) is 0 Å². The van der Waals surface area contributed by atoms with Gasteiger partial charge in [0.2, 0.25) is 0 Å². The van der Waals surface area contributed by atoms with Gasteiger partial charge in [-0.05, 0) is 57.3 Å². The van der Waals surface area contributed by atoms with E-state index in [1.807, 2.05) is 0 Å². The minimum Gasteiger partial charge on any atom is -0.0610 e. The molecule has 0 saturated heterocycles. The van der Waals surface area contributed by atoms with E-state index in [2.05, 4.69) is 62.4 Å². The average molecular weight is 230 g/mol. The zero-order chi connectivity index (χ0) is 12.3. The first-order valence-electron chi connectivity index (χ1n) is 6.39. The Labute approximate surface area is 106 Å². The van der Waals surface area contributed by atoms with Crippen LogP contribution >= 0.6 is 0 Å². The second kappa shape index (κ2) is 3.23. The standard InChI is InChI=1S/C18H14/c1-11-8-15-7-6-13-4-3-5-14-10-12(2)16(9-11)18(15)17(13)14/h3-10H,1-2H3. The van der Waals surface area contributed by atoms with Gasteiger partial charge in [0.1, 0.15) is 0 Å². The van der Waals surface area contributed by atoms with Crippen LogP contribution in [0.5, 0.6) is 0 Å². The Kier molecular flexibility index (Phi) is 1.78. The van der Waals surface area contributed by atoms with Gasteiger partial charge in [0.25, 0.3) is 0 Å². The third-order valence-corrected chi connectivity index (χ3v) is 3.93. The molecule has 0 heteroatoms. The first-order valence-corrected chi connectivity index (χ1v) is 6.39. The van der Waals surface area contributed by atoms with Crippen molar-refractivity contribution in [2.75, 3.05) is 0 Å². The van der Waals surface area contributed by atoms with Crippen molar-refractivity contribution in [1.29, 1.82) is 0 Å². The Morgan fingerprint density at radius 2 is 1.39 bits per heavy atom. The highest BCUT2D eigenvalue weighted by Crippen LogP contribution is 2.36. The molecule has 4 aromatic carbocycles. The first kappa shape index (κ1) is 9.90. The van der Waals surface area contributed by atoms with Gasteiger partial charge >= 0.3 is 0 Å². The first-order chi connectivity index (χ1) is 8.74. The van der Waals surface area contributed by atoms with Crippen LogP contribution in [0.25, 0.3) is 32.3 Å². The smallest absolute Gasteiger partial charge is 0.00239 e. The molecule has 0 aromatic heterocycles. The number of aryl methyl sites for hydroxylation is 2. The molecule has 0 fully saturated rings. The van der Waals surface area contributed by atoms with E-state index in [4.69, 9.17) is 0 Å². The van der Waals surface area contributed by atoms with Crippen LogP contribution in [0.1, 0.15) is 11.1 Å². The summed E-state index contributed by atoms with van der Waals surface area (Å²) in [7, 11) is 0. The lowest BCUT2D eigenvalue weighted by Gasteiger charge is -2.13. The molecule has 0 saturated carbocycles. The van der Waals surface area contributed by atoms with Crippen LogP contribution in [0, 0.1) is 13.8 Å². The van der Waals surface area contributed by atoms with Gasteiger partial charge in [-0.25, -0.2) is 0 Å². The van der Waals surface area contributed by atoms with E-state index < -0.39 is 0 Å². The van der Waals surface area contributed by atoms with E-state index in [-0.39, 0.29) is 0 Å².